The van der Waals surface area contributed by atoms with Crippen LogP contribution in [0.25, 0.3) is 0 Å². The molecule has 0 aliphatic rings. The number of hydrogen-bond acceptors (Lipinski definition) is 2. The first-order valence-corrected chi connectivity index (χ1v) is 4.63. The lowest BCUT2D eigenvalue weighted by atomic mass is 9.79. The predicted molar refractivity (Wildman–Crippen MR) is 56.6 cm³/mol. The Morgan fingerprint density at radius 2 is 1.62 bits per heavy atom. The molecule has 0 aromatic carbocycles. The highest BCUT2D eigenvalue weighted by atomic mass is 14.8. The van der Waals surface area contributed by atoms with E-state index in [0.717, 1.165) is 12.1 Å². The zero-order valence-electron chi connectivity index (χ0n) is 9.60. The van der Waals surface area contributed by atoms with E-state index in [0.29, 0.717) is 0 Å². The molecule has 0 atom stereocenters. The Balaban J connectivity index is 4.70. The third-order valence-electron chi connectivity index (χ3n) is 1.75. The van der Waals surface area contributed by atoms with E-state index in [1.807, 2.05) is 6.19 Å². The first-order valence-electron chi connectivity index (χ1n) is 4.63. The highest BCUT2D eigenvalue weighted by Gasteiger charge is 2.24. The van der Waals surface area contributed by atoms with E-state index in [-0.39, 0.29) is 10.8 Å². The van der Waals surface area contributed by atoms with Gasteiger partial charge in [-0.2, -0.15) is 10.3 Å². The van der Waals surface area contributed by atoms with Crippen LogP contribution in [0.4, 0.5) is 0 Å². The van der Waals surface area contributed by atoms with Crippen molar-refractivity contribution in [2.75, 3.05) is 0 Å². The van der Waals surface area contributed by atoms with Crippen LogP contribution in [0.2, 0.25) is 0 Å². The van der Waals surface area contributed by atoms with Crippen molar-refractivity contribution in [3.8, 4) is 6.19 Å². The van der Waals surface area contributed by atoms with Crippen molar-refractivity contribution in [2.24, 2.45) is 15.8 Å². The van der Waals surface area contributed by atoms with E-state index in [9.17, 15) is 0 Å². The summed E-state index contributed by atoms with van der Waals surface area (Å²) in [6.07, 6.45) is 2.76. The van der Waals surface area contributed by atoms with Crippen LogP contribution in [0.15, 0.2) is 4.99 Å². The first kappa shape index (κ1) is 12.2. The van der Waals surface area contributed by atoms with E-state index in [2.05, 4.69) is 46.5 Å². The monoisotopic (exact) mass is 180 g/mol. The SMILES string of the molecule is CC(C)(C)CC(=NC#N)C(C)(C)C. The number of nitriles is 1. The van der Waals surface area contributed by atoms with Gasteiger partial charge in [0.05, 0.1) is 0 Å². The summed E-state index contributed by atoms with van der Waals surface area (Å²) in [6, 6.07) is 0. The molecule has 2 heteroatoms. The summed E-state index contributed by atoms with van der Waals surface area (Å²) >= 11 is 0. The first-order chi connectivity index (χ1) is 5.67. The standard InChI is InChI=1S/C11H20N2/c1-10(2,3)7-9(13-8-12)11(4,5)6/h7H2,1-6H3. The van der Waals surface area contributed by atoms with Crippen molar-refractivity contribution in [1.82, 2.24) is 0 Å². The predicted octanol–water partition coefficient (Wildman–Crippen LogP) is 3.39. The van der Waals surface area contributed by atoms with Gasteiger partial charge in [-0.3, -0.25) is 0 Å². The molecule has 0 radical (unpaired) electrons. The molecular weight excluding hydrogens is 160 g/mol. The maximum absolute atomic E-state index is 8.56. The third kappa shape index (κ3) is 5.41. The summed E-state index contributed by atoms with van der Waals surface area (Å²) in [5.41, 5.74) is 1.19. The van der Waals surface area contributed by atoms with Gasteiger partial charge in [0.1, 0.15) is 0 Å². The molecule has 0 aliphatic heterocycles. The molecule has 0 fully saturated rings. The van der Waals surface area contributed by atoms with Gasteiger partial charge in [-0.05, 0) is 11.8 Å². The molecule has 0 bridgehead atoms. The summed E-state index contributed by atoms with van der Waals surface area (Å²) in [7, 11) is 0. The Morgan fingerprint density at radius 1 is 1.15 bits per heavy atom. The average molecular weight is 180 g/mol. The van der Waals surface area contributed by atoms with Crippen LogP contribution in [0.3, 0.4) is 0 Å². The minimum Gasteiger partial charge on any atom is -0.182 e. The van der Waals surface area contributed by atoms with E-state index >= 15 is 0 Å². The summed E-state index contributed by atoms with van der Waals surface area (Å²) < 4.78 is 0. The summed E-state index contributed by atoms with van der Waals surface area (Å²) in [6.45, 7) is 12.8. The third-order valence-corrected chi connectivity index (χ3v) is 1.75. The van der Waals surface area contributed by atoms with E-state index in [1.165, 1.54) is 0 Å². The fourth-order valence-electron chi connectivity index (χ4n) is 1.04. The second-order valence-corrected chi connectivity index (χ2v) is 5.65. The van der Waals surface area contributed by atoms with Crippen LogP contribution in [0.1, 0.15) is 48.0 Å². The number of hydrogen-bond donors (Lipinski definition) is 0. The van der Waals surface area contributed by atoms with Gasteiger partial charge < -0.3 is 0 Å². The van der Waals surface area contributed by atoms with E-state index in [4.69, 9.17) is 5.26 Å². The molecule has 0 spiro atoms. The van der Waals surface area contributed by atoms with Crippen LogP contribution in [-0.4, -0.2) is 5.71 Å². The van der Waals surface area contributed by atoms with Crippen LogP contribution < -0.4 is 0 Å². The molecular formula is C11H20N2. The van der Waals surface area contributed by atoms with Crippen molar-refractivity contribution < 1.29 is 0 Å². The van der Waals surface area contributed by atoms with Gasteiger partial charge >= 0.3 is 0 Å². The van der Waals surface area contributed by atoms with Crippen LogP contribution in [0.5, 0.6) is 0 Å². The minimum atomic E-state index is 0.00299. The highest BCUT2D eigenvalue weighted by molar-refractivity contribution is 5.90. The molecule has 0 rings (SSSR count). The van der Waals surface area contributed by atoms with Gasteiger partial charge in [0.15, 0.2) is 0 Å². The van der Waals surface area contributed by atoms with Gasteiger partial charge in [0, 0.05) is 11.1 Å². The lowest BCUT2D eigenvalue weighted by Crippen LogP contribution is -2.25. The largest absolute Gasteiger partial charge is 0.205 e. The molecule has 0 N–H and O–H groups in total. The van der Waals surface area contributed by atoms with E-state index < -0.39 is 0 Å². The van der Waals surface area contributed by atoms with Gasteiger partial charge in [-0.1, -0.05) is 41.5 Å². The maximum atomic E-state index is 8.56. The molecule has 0 aromatic rings. The molecule has 74 valence electrons. The Bertz CT molecular complexity index is 230. The average Bonchev–Trinajstić information content (AvgIpc) is 1.81. The molecule has 13 heavy (non-hydrogen) atoms. The zero-order valence-corrected chi connectivity index (χ0v) is 9.60. The molecule has 0 unspecified atom stereocenters. The number of nitrogens with zero attached hydrogens (tertiary/aromatic N) is 2. The van der Waals surface area contributed by atoms with Gasteiger partial charge in [-0.25, -0.2) is 0 Å². The van der Waals surface area contributed by atoms with Crippen molar-refractivity contribution >= 4 is 5.71 Å². The van der Waals surface area contributed by atoms with Crippen molar-refractivity contribution in [3.63, 3.8) is 0 Å². The second-order valence-electron chi connectivity index (χ2n) is 5.65. The lowest BCUT2D eigenvalue weighted by Gasteiger charge is -2.26. The molecule has 0 aromatic heterocycles. The number of rotatable bonds is 1. The second kappa shape index (κ2) is 3.91. The highest BCUT2D eigenvalue weighted by Crippen LogP contribution is 2.27. The summed E-state index contributed by atoms with van der Waals surface area (Å²) in [4.78, 5) is 3.90. The zero-order chi connectivity index (χ0) is 10.7. The molecule has 0 heterocycles. The summed E-state index contributed by atoms with van der Waals surface area (Å²) in [5, 5.41) is 8.56. The van der Waals surface area contributed by atoms with Crippen LogP contribution >= 0.6 is 0 Å². The summed E-state index contributed by atoms with van der Waals surface area (Å²) in [5.74, 6) is 0. The van der Waals surface area contributed by atoms with Crippen LogP contribution in [-0.2, 0) is 0 Å². The van der Waals surface area contributed by atoms with Crippen LogP contribution in [0, 0.1) is 22.3 Å². The molecule has 0 aliphatic carbocycles. The topological polar surface area (TPSA) is 36.1 Å². The smallest absolute Gasteiger partial charge is 0.182 e. The fraction of sp³-hybridized carbons (Fsp3) is 0.818. The molecule has 2 nitrogen and oxygen atoms in total. The Hall–Kier alpha value is -0.840. The Morgan fingerprint density at radius 3 is 1.85 bits per heavy atom. The molecule has 0 saturated carbocycles. The van der Waals surface area contributed by atoms with Crippen molar-refractivity contribution in [2.45, 2.75) is 48.0 Å². The minimum absolute atomic E-state index is 0.00299. The number of aliphatic imine (C=N–C) groups is 1. The molecule has 0 amide bonds. The van der Waals surface area contributed by atoms with Crippen molar-refractivity contribution in [3.05, 3.63) is 0 Å². The van der Waals surface area contributed by atoms with Gasteiger partial charge in [0.25, 0.3) is 0 Å². The normalized spacial score (nSPS) is 14.1. The quantitative estimate of drug-likeness (QED) is 0.450. The molecule has 0 saturated heterocycles. The Kier molecular flexibility index (Phi) is 3.66. The Labute approximate surface area is 81.7 Å². The fourth-order valence-corrected chi connectivity index (χ4v) is 1.04. The van der Waals surface area contributed by atoms with Crippen molar-refractivity contribution in [1.29, 1.82) is 5.26 Å². The van der Waals surface area contributed by atoms with E-state index in [1.54, 1.807) is 0 Å². The maximum Gasteiger partial charge on any atom is 0.205 e. The lowest BCUT2D eigenvalue weighted by molar-refractivity contribution is 0.413. The van der Waals surface area contributed by atoms with Gasteiger partial charge in [-0.15, -0.1) is 0 Å². The van der Waals surface area contributed by atoms with Gasteiger partial charge in [0.2, 0.25) is 6.19 Å².